The Morgan fingerprint density at radius 1 is 0.641 bits per heavy atom. The first-order valence-corrected chi connectivity index (χ1v) is 33.3. The minimum atomic E-state index is -4.74. The molecule has 2 saturated carbocycles. The molecule has 4 fully saturated rings. The molecule has 2 heterocycles. The van der Waals surface area contributed by atoms with Crippen molar-refractivity contribution in [2.24, 2.45) is 23.7 Å². The van der Waals surface area contributed by atoms with Gasteiger partial charge in [0.05, 0.1) is 30.2 Å². The average molecular weight is 1320 g/mol. The highest BCUT2D eigenvalue weighted by Gasteiger charge is 2.49. The Hall–Kier alpha value is -6.53. The molecular weight excluding hydrogens is 1220 g/mol. The van der Waals surface area contributed by atoms with Gasteiger partial charge in [0.25, 0.3) is 0 Å². The van der Waals surface area contributed by atoms with E-state index in [1.54, 1.807) is 27.7 Å². The predicted molar refractivity (Wildman–Crippen MR) is 342 cm³/mol. The second-order valence-corrected chi connectivity index (χ2v) is 27.7. The number of halogens is 4. The molecule has 2 aliphatic carbocycles. The van der Waals surface area contributed by atoms with E-state index in [-0.39, 0.29) is 69.7 Å². The molecule has 3 N–H and O–H groups in total. The Balaban J connectivity index is 1.57. The van der Waals surface area contributed by atoms with E-state index >= 15 is 9.59 Å². The van der Waals surface area contributed by atoms with Gasteiger partial charge in [-0.05, 0) is 99.7 Å². The Morgan fingerprint density at radius 2 is 1.24 bits per heavy atom. The second kappa shape index (κ2) is 33.5. The fourth-order valence-corrected chi connectivity index (χ4v) is 13.7. The van der Waals surface area contributed by atoms with Gasteiger partial charge in [-0.25, -0.2) is 0 Å². The summed E-state index contributed by atoms with van der Waals surface area (Å²) in [7, 11) is 10.1. The van der Waals surface area contributed by atoms with Gasteiger partial charge in [-0.1, -0.05) is 117 Å². The number of amides is 11. The highest BCUT2D eigenvalue weighted by molar-refractivity contribution is 6.31. The van der Waals surface area contributed by atoms with Crippen LogP contribution in [0.4, 0.5) is 13.2 Å². The molecule has 11 amide bonds. The van der Waals surface area contributed by atoms with Gasteiger partial charge < -0.3 is 55.1 Å². The van der Waals surface area contributed by atoms with Crippen LogP contribution in [0.5, 0.6) is 0 Å². The molecule has 8 atom stereocenters. The quantitative estimate of drug-likeness (QED) is 0.249. The second-order valence-electron chi connectivity index (χ2n) is 27.3. The van der Waals surface area contributed by atoms with Crippen LogP contribution in [0.1, 0.15) is 169 Å². The van der Waals surface area contributed by atoms with Crippen molar-refractivity contribution in [3.05, 3.63) is 34.3 Å². The molecule has 4 aliphatic rings. The van der Waals surface area contributed by atoms with E-state index in [2.05, 4.69) is 16.0 Å². The number of alkyl halides is 3. The van der Waals surface area contributed by atoms with Crippen molar-refractivity contribution in [1.29, 1.82) is 0 Å². The van der Waals surface area contributed by atoms with Crippen LogP contribution >= 0.6 is 11.6 Å². The maximum absolute atomic E-state index is 15.3. The van der Waals surface area contributed by atoms with Crippen LogP contribution in [0.15, 0.2) is 18.2 Å². The lowest BCUT2D eigenvalue weighted by Gasteiger charge is -2.44. The fraction of sp³-hybridized carbons (Fsp3) is 0.742. The van der Waals surface area contributed by atoms with E-state index in [1.807, 2.05) is 20.8 Å². The third-order valence-corrected chi connectivity index (χ3v) is 19.8. The molecule has 1 aromatic carbocycles. The number of benzene rings is 1. The Morgan fingerprint density at radius 3 is 1.83 bits per heavy atom. The highest BCUT2D eigenvalue weighted by atomic mass is 35.5. The first-order valence-electron chi connectivity index (χ1n) is 32.9. The van der Waals surface area contributed by atoms with Gasteiger partial charge in [0, 0.05) is 68.3 Å². The lowest BCUT2D eigenvalue weighted by Crippen LogP contribution is -2.66. The molecule has 1 unspecified atom stereocenters. The van der Waals surface area contributed by atoms with Crippen LogP contribution in [0, 0.1) is 23.7 Å². The number of fused-ring (bicyclic) bond motifs is 1. The first-order chi connectivity index (χ1) is 43.0. The molecule has 5 rings (SSSR count). The van der Waals surface area contributed by atoms with E-state index < -0.39 is 161 Å². The van der Waals surface area contributed by atoms with Crippen LogP contribution in [-0.4, -0.2) is 228 Å². The van der Waals surface area contributed by atoms with Crippen molar-refractivity contribution < 1.29 is 65.9 Å². The lowest BCUT2D eigenvalue weighted by atomic mass is 9.79. The summed E-state index contributed by atoms with van der Waals surface area (Å²) in [6.07, 6.45) is 2.85. The van der Waals surface area contributed by atoms with Gasteiger partial charge in [0.1, 0.15) is 41.8 Å². The largest absolute Gasteiger partial charge is 0.417 e. The number of rotatable bonds is 10. The number of hydrogen-bond donors (Lipinski definition) is 3. The summed E-state index contributed by atoms with van der Waals surface area (Å²) < 4.78 is 41.4. The molecule has 0 bridgehead atoms. The molecule has 1 spiro atoms. The number of aryl methyl sites for hydroxylation is 1. The van der Waals surface area contributed by atoms with Crippen LogP contribution in [-0.2, 0) is 65.3 Å². The summed E-state index contributed by atoms with van der Waals surface area (Å²) in [6.45, 7) is 11.1. The smallest absolute Gasteiger partial charge is 0.343 e. The monoisotopic (exact) mass is 1320 g/mol. The number of nitrogens with zero attached hydrogens (tertiary/aromatic N) is 8. The molecule has 2 saturated heterocycles. The zero-order chi connectivity index (χ0) is 68.9. The van der Waals surface area contributed by atoms with Crippen molar-refractivity contribution in [1.82, 2.24) is 55.1 Å². The minimum Gasteiger partial charge on any atom is -0.343 e. The normalized spacial score (nSPS) is 26.3. The molecular formula is C66H103ClF3N11O11. The maximum Gasteiger partial charge on any atom is 0.417 e. The van der Waals surface area contributed by atoms with E-state index in [4.69, 9.17) is 11.6 Å². The SMILES string of the molecule is CC[C@H](C)[C@@H]1NC(=O)[C@H](CC(C)C)N(C)C(=O)C[C@@H](C)N(C)C(=O)[C@H](C(C)C)N(C)C(=O)C2(CCCCC2)NC(=O)C2CCCN2C(=O)[C@H](CCc2ccc(C(F)(F)F)c(Cl)c2)NC(=O)CN(C)C(=O)[C@H](CC2CCCCC2)N(C)C(=O)CN(C)C(=O)CN(C)C1=O. The number of carbonyl (C=O) groups is 11. The molecule has 2 aliphatic heterocycles. The van der Waals surface area contributed by atoms with Crippen molar-refractivity contribution in [3.63, 3.8) is 0 Å². The van der Waals surface area contributed by atoms with Crippen LogP contribution in [0.3, 0.4) is 0 Å². The molecule has 0 aromatic heterocycles. The van der Waals surface area contributed by atoms with Crippen molar-refractivity contribution in [2.75, 3.05) is 75.5 Å². The topological polar surface area (TPSA) is 250 Å². The number of carbonyl (C=O) groups excluding carboxylic acids is 11. The van der Waals surface area contributed by atoms with Crippen LogP contribution in [0.25, 0.3) is 0 Å². The molecule has 92 heavy (non-hydrogen) atoms. The summed E-state index contributed by atoms with van der Waals surface area (Å²) in [6, 6.07) is -4.52. The van der Waals surface area contributed by atoms with E-state index in [0.29, 0.717) is 31.2 Å². The van der Waals surface area contributed by atoms with Gasteiger partial charge >= 0.3 is 6.18 Å². The van der Waals surface area contributed by atoms with Crippen LogP contribution < -0.4 is 16.0 Å². The third kappa shape index (κ3) is 19.5. The number of nitrogens with one attached hydrogen (secondary N) is 3. The molecule has 22 nitrogen and oxygen atoms in total. The van der Waals surface area contributed by atoms with Gasteiger partial charge in [-0.15, -0.1) is 0 Å². The molecule has 26 heteroatoms. The standard InChI is InChI=1S/C66H103ClF3N11O11/c1-15-42(6)56-62(90)76(10)38-54(84)74(8)39-55(85)79(13)51(36-44-23-18-16-19-24-44)61(89)75(9)37-52(82)71-48(29-27-45-26-28-46(47(67)35-45)66(68,69)70)60(88)81-32-22-25-49(81)59(87)73-65(30-20-17-21-31-65)64(92)80(14)57(41(4)5)63(91)77(11)43(7)34-53(83)78(12)50(33-40(2)3)58(86)72-56/h26,28,35,40-44,48-51,56-57H,15-25,27,29-34,36-39H2,1-14H3,(H,71,82)(H,72,86)(H,73,87)/t42-,43+,48-,49?,50-,51-,56-,57-/m0/s1. The Kier molecular flexibility index (Phi) is 27.8. The van der Waals surface area contributed by atoms with E-state index in [0.717, 1.165) is 60.5 Å². The first kappa shape index (κ1) is 76.2. The highest BCUT2D eigenvalue weighted by Crippen LogP contribution is 2.37. The average Bonchev–Trinajstić information content (AvgIpc) is 1.10. The summed E-state index contributed by atoms with van der Waals surface area (Å²) in [4.78, 5) is 171. The van der Waals surface area contributed by atoms with Gasteiger partial charge in [0.2, 0.25) is 65.0 Å². The summed E-state index contributed by atoms with van der Waals surface area (Å²) in [5.41, 5.74) is -2.26. The molecule has 1 aromatic rings. The Labute approximate surface area is 547 Å². The third-order valence-electron chi connectivity index (χ3n) is 19.5. The van der Waals surface area contributed by atoms with Crippen molar-refractivity contribution in [2.45, 2.75) is 218 Å². The lowest BCUT2D eigenvalue weighted by molar-refractivity contribution is -0.154. The minimum absolute atomic E-state index is 0.0331. The zero-order valence-corrected chi connectivity index (χ0v) is 57.5. The maximum atomic E-state index is 15.3. The van der Waals surface area contributed by atoms with Crippen molar-refractivity contribution in [3.8, 4) is 0 Å². The summed E-state index contributed by atoms with van der Waals surface area (Å²) in [5.74, 6) is -7.65. The Bertz CT molecular complexity index is 2810. The van der Waals surface area contributed by atoms with Crippen LogP contribution in [0.2, 0.25) is 5.02 Å². The summed E-state index contributed by atoms with van der Waals surface area (Å²) >= 11 is 6.13. The van der Waals surface area contributed by atoms with Gasteiger partial charge in [-0.2, -0.15) is 13.2 Å². The van der Waals surface area contributed by atoms with Gasteiger partial charge in [-0.3, -0.25) is 52.7 Å². The van der Waals surface area contributed by atoms with Crippen molar-refractivity contribution >= 4 is 76.6 Å². The van der Waals surface area contributed by atoms with E-state index in [1.165, 1.54) is 84.8 Å². The summed E-state index contributed by atoms with van der Waals surface area (Å²) in [5, 5.41) is 8.15. The fourth-order valence-electron chi connectivity index (χ4n) is 13.4. The molecule has 0 radical (unpaired) electrons. The number of hydrogen-bond acceptors (Lipinski definition) is 11. The molecule has 516 valence electrons. The zero-order valence-electron chi connectivity index (χ0n) is 56.7. The van der Waals surface area contributed by atoms with E-state index in [9.17, 15) is 56.3 Å². The number of likely N-dealkylation sites (N-methyl/N-ethyl adjacent to an activating group) is 7. The van der Waals surface area contributed by atoms with Gasteiger partial charge in [0.15, 0.2) is 0 Å². The predicted octanol–water partition coefficient (Wildman–Crippen LogP) is 5.90.